The molecule has 0 saturated carbocycles. The standard InChI is InChI=1S/C24H22ClF3N4OS/c1-16(22(33)32-12-10-31(11-13-32)19-9-5-8-18(25)14-19)34-23-29-20(17-6-3-2-4-7-17)15-21(30-23)24(26,27)28/h2-9,14-16H,10-13H2,1H3/t16-/m0/s1. The Hall–Kier alpha value is -2.78. The van der Waals surface area contributed by atoms with Crippen LogP contribution in [0.15, 0.2) is 65.8 Å². The van der Waals surface area contributed by atoms with Crippen LogP contribution >= 0.6 is 23.4 Å². The van der Waals surface area contributed by atoms with Crippen LogP contribution < -0.4 is 4.90 Å². The van der Waals surface area contributed by atoms with E-state index in [-0.39, 0.29) is 16.8 Å². The van der Waals surface area contributed by atoms with Gasteiger partial charge in [-0.05, 0) is 31.2 Å². The molecule has 3 aromatic rings. The number of alkyl halides is 3. The molecule has 2 heterocycles. The summed E-state index contributed by atoms with van der Waals surface area (Å²) in [6.45, 7) is 3.97. The second-order valence-electron chi connectivity index (χ2n) is 7.84. The molecule has 10 heteroatoms. The molecule has 178 valence electrons. The van der Waals surface area contributed by atoms with Crippen molar-refractivity contribution in [2.24, 2.45) is 0 Å². The number of hydrogen-bond donors (Lipinski definition) is 0. The van der Waals surface area contributed by atoms with E-state index in [1.165, 1.54) is 0 Å². The summed E-state index contributed by atoms with van der Waals surface area (Å²) in [6, 6.07) is 17.1. The first-order chi connectivity index (χ1) is 16.2. The summed E-state index contributed by atoms with van der Waals surface area (Å²) in [5.74, 6) is -0.155. The maximum Gasteiger partial charge on any atom is 0.433 e. The Morgan fingerprint density at radius 3 is 2.35 bits per heavy atom. The van der Waals surface area contributed by atoms with Gasteiger partial charge in [0, 0.05) is 42.5 Å². The molecule has 0 bridgehead atoms. The van der Waals surface area contributed by atoms with Crippen LogP contribution in [0.3, 0.4) is 0 Å². The van der Waals surface area contributed by atoms with E-state index in [1.807, 2.05) is 24.3 Å². The fraction of sp³-hybridized carbons (Fsp3) is 0.292. The lowest BCUT2D eigenvalue weighted by molar-refractivity contribution is -0.141. The summed E-state index contributed by atoms with van der Waals surface area (Å²) >= 11 is 7.01. The molecular weight excluding hydrogens is 485 g/mol. The van der Waals surface area contributed by atoms with Gasteiger partial charge in [-0.2, -0.15) is 13.2 Å². The monoisotopic (exact) mass is 506 g/mol. The van der Waals surface area contributed by atoms with Crippen molar-refractivity contribution in [1.82, 2.24) is 14.9 Å². The van der Waals surface area contributed by atoms with Crippen LogP contribution in [0, 0.1) is 0 Å². The van der Waals surface area contributed by atoms with Crippen LogP contribution in [0.1, 0.15) is 12.6 Å². The largest absolute Gasteiger partial charge is 0.433 e. The van der Waals surface area contributed by atoms with E-state index >= 15 is 0 Å². The smallest absolute Gasteiger partial charge is 0.368 e. The van der Waals surface area contributed by atoms with Gasteiger partial charge in [0.25, 0.3) is 0 Å². The molecule has 34 heavy (non-hydrogen) atoms. The van der Waals surface area contributed by atoms with Crippen molar-refractivity contribution in [3.8, 4) is 11.3 Å². The average molecular weight is 507 g/mol. The SMILES string of the molecule is C[C@H](Sc1nc(-c2ccccc2)cc(C(F)(F)F)n1)C(=O)N1CCN(c2cccc(Cl)c2)CC1. The highest BCUT2D eigenvalue weighted by Crippen LogP contribution is 2.33. The maximum absolute atomic E-state index is 13.5. The van der Waals surface area contributed by atoms with E-state index in [1.54, 1.807) is 42.2 Å². The average Bonchev–Trinajstić information content (AvgIpc) is 2.83. The third kappa shape index (κ3) is 5.82. The van der Waals surface area contributed by atoms with Crippen LogP contribution in [0.25, 0.3) is 11.3 Å². The molecule has 2 aromatic carbocycles. The topological polar surface area (TPSA) is 49.3 Å². The van der Waals surface area contributed by atoms with Gasteiger partial charge in [-0.25, -0.2) is 9.97 Å². The number of rotatable bonds is 5. The molecule has 0 N–H and O–H groups in total. The number of benzene rings is 2. The van der Waals surface area contributed by atoms with Crippen LogP contribution in [-0.2, 0) is 11.0 Å². The van der Waals surface area contributed by atoms with Gasteiger partial charge in [0.05, 0.1) is 10.9 Å². The maximum atomic E-state index is 13.5. The molecule has 0 unspecified atom stereocenters. The molecule has 1 aliphatic heterocycles. The van der Waals surface area contributed by atoms with Gasteiger partial charge < -0.3 is 9.80 Å². The minimum atomic E-state index is -4.62. The molecule has 0 radical (unpaired) electrons. The second-order valence-corrected chi connectivity index (χ2v) is 9.58. The Bertz CT molecular complexity index is 1150. The second kappa shape index (κ2) is 10.2. The van der Waals surface area contributed by atoms with Crippen molar-refractivity contribution in [1.29, 1.82) is 0 Å². The number of nitrogens with zero attached hydrogens (tertiary/aromatic N) is 4. The van der Waals surface area contributed by atoms with Crippen molar-refractivity contribution in [2.75, 3.05) is 31.1 Å². The van der Waals surface area contributed by atoms with Gasteiger partial charge in [0.15, 0.2) is 5.16 Å². The van der Waals surface area contributed by atoms with Crippen molar-refractivity contribution in [2.45, 2.75) is 23.5 Å². The van der Waals surface area contributed by atoms with Gasteiger partial charge in [0.1, 0.15) is 5.69 Å². The number of aromatic nitrogens is 2. The fourth-order valence-electron chi connectivity index (χ4n) is 3.70. The predicted octanol–water partition coefficient (Wildman–Crippen LogP) is 5.65. The summed E-state index contributed by atoms with van der Waals surface area (Å²) < 4.78 is 40.4. The van der Waals surface area contributed by atoms with Crippen LogP contribution in [0.4, 0.5) is 18.9 Å². The lowest BCUT2D eigenvalue weighted by Crippen LogP contribution is -2.50. The number of piperazine rings is 1. The van der Waals surface area contributed by atoms with E-state index in [9.17, 15) is 18.0 Å². The van der Waals surface area contributed by atoms with Gasteiger partial charge in [-0.15, -0.1) is 0 Å². The Kier molecular flexibility index (Phi) is 7.33. The Morgan fingerprint density at radius 1 is 1.00 bits per heavy atom. The van der Waals surface area contributed by atoms with Gasteiger partial charge in [-0.1, -0.05) is 59.8 Å². The zero-order valence-electron chi connectivity index (χ0n) is 18.3. The van der Waals surface area contributed by atoms with Crippen molar-refractivity contribution >= 4 is 35.0 Å². The summed E-state index contributed by atoms with van der Waals surface area (Å²) in [4.78, 5) is 24.9. The van der Waals surface area contributed by atoms with E-state index < -0.39 is 17.1 Å². The van der Waals surface area contributed by atoms with Crippen molar-refractivity contribution < 1.29 is 18.0 Å². The van der Waals surface area contributed by atoms with Gasteiger partial charge in [-0.3, -0.25) is 4.79 Å². The van der Waals surface area contributed by atoms with Crippen LogP contribution in [-0.4, -0.2) is 52.2 Å². The highest BCUT2D eigenvalue weighted by atomic mass is 35.5. The molecule has 4 rings (SSSR count). The molecule has 1 aromatic heterocycles. The minimum Gasteiger partial charge on any atom is -0.368 e. The first kappa shape index (κ1) is 24.3. The molecule has 1 aliphatic rings. The summed E-state index contributed by atoms with van der Waals surface area (Å²) in [5, 5.41) is -0.0612. The predicted molar refractivity (Wildman–Crippen MR) is 128 cm³/mol. The van der Waals surface area contributed by atoms with Crippen molar-refractivity contribution in [3.05, 3.63) is 71.4 Å². The lowest BCUT2D eigenvalue weighted by atomic mass is 10.1. The lowest BCUT2D eigenvalue weighted by Gasteiger charge is -2.37. The van der Waals surface area contributed by atoms with Crippen LogP contribution in [0.5, 0.6) is 0 Å². The Morgan fingerprint density at radius 2 is 1.71 bits per heavy atom. The number of carbonyl (C=O) groups is 1. The molecule has 1 saturated heterocycles. The number of carbonyl (C=O) groups excluding carboxylic acids is 1. The van der Waals surface area contributed by atoms with E-state index in [4.69, 9.17) is 11.6 Å². The first-order valence-corrected chi connectivity index (χ1v) is 11.9. The Labute approximate surface area is 205 Å². The van der Waals surface area contributed by atoms with Crippen molar-refractivity contribution in [3.63, 3.8) is 0 Å². The third-order valence-corrected chi connectivity index (χ3v) is 6.64. The van der Waals surface area contributed by atoms with Gasteiger partial charge in [0.2, 0.25) is 5.91 Å². The molecule has 5 nitrogen and oxygen atoms in total. The number of anilines is 1. The molecule has 1 fully saturated rings. The summed E-state index contributed by atoms with van der Waals surface area (Å²) in [7, 11) is 0. The fourth-order valence-corrected chi connectivity index (χ4v) is 4.76. The quantitative estimate of drug-likeness (QED) is 0.331. The van der Waals surface area contributed by atoms with Crippen LogP contribution in [0.2, 0.25) is 5.02 Å². The molecule has 0 aliphatic carbocycles. The highest BCUT2D eigenvalue weighted by molar-refractivity contribution is 8.00. The number of amides is 1. The van der Waals surface area contributed by atoms with Gasteiger partial charge >= 0.3 is 6.18 Å². The molecule has 0 spiro atoms. The zero-order chi connectivity index (χ0) is 24.3. The minimum absolute atomic E-state index is 0.0768. The van der Waals surface area contributed by atoms with E-state index in [2.05, 4.69) is 14.9 Å². The molecule has 1 amide bonds. The Balaban J connectivity index is 1.46. The summed E-state index contributed by atoms with van der Waals surface area (Å²) in [6.07, 6.45) is -4.62. The molecule has 1 atom stereocenters. The first-order valence-electron chi connectivity index (χ1n) is 10.7. The normalized spacial score (nSPS) is 15.3. The third-order valence-electron chi connectivity index (χ3n) is 5.46. The number of halogens is 4. The highest BCUT2D eigenvalue weighted by Gasteiger charge is 2.34. The number of thioether (sulfide) groups is 1. The summed E-state index contributed by atoms with van der Waals surface area (Å²) in [5.41, 5.74) is 0.681. The molecular formula is C24H22ClF3N4OS. The van der Waals surface area contributed by atoms with E-state index in [0.717, 1.165) is 23.5 Å². The number of hydrogen-bond acceptors (Lipinski definition) is 5. The zero-order valence-corrected chi connectivity index (χ0v) is 19.9. The van der Waals surface area contributed by atoms with E-state index in [0.29, 0.717) is 36.8 Å².